The third-order valence-electron chi connectivity index (χ3n) is 4.07. The van der Waals surface area contributed by atoms with Crippen molar-refractivity contribution in [2.45, 2.75) is 0 Å². The van der Waals surface area contributed by atoms with Gasteiger partial charge in [0.15, 0.2) is 11.5 Å². The van der Waals surface area contributed by atoms with E-state index in [0.717, 1.165) is 6.07 Å². The van der Waals surface area contributed by atoms with Crippen LogP contribution in [0.1, 0.15) is 11.1 Å². The minimum atomic E-state index is -0.731. The van der Waals surface area contributed by atoms with Crippen molar-refractivity contribution in [2.75, 3.05) is 18.6 Å². The van der Waals surface area contributed by atoms with E-state index >= 15 is 0 Å². The lowest BCUT2D eigenvalue weighted by atomic mass is 10.1. The molecule has 9 heteroatoms. The number of nitro groups is 1. The molecule has 2 aromatic carbocycles. The molecule has 1 N–H and O–H groups in total. The molecule has 0 fully saturated rings. The first-order chi connectivity index (χ1) is 13.5. The van der Waals surface area contributed by atoms with Gasteiger partial charge in [-0.3, -0.25) is 14.9 Å². The van der Waals surface area contributed by atoms with E-state index in [-0.39, 0.29) is 22.9 Å². The Balaban J connectivity index is 1.97. The molecule has 0 unspecified atom stereocenters. The zero-order valence-electron chi connectivity index (χ0n) is 14.9. The summed E-state index contributed by atoms with van der Waals surface area (Å²) in [6.07, 6.45) is 2.86. The predicted octanol–water partition coefficient (Wildman–Crippen LogP) is 2.66. The number of nitro benzene ring substituents is 1. The van der Waals surface area contributed by atoms with E-state index in [0.29, 0.717) is 17.8 Å². The van der Waals surface area contributed by atoms with Crippen LogP contribution in [0.15, 0.2) is 59.3 Å². The number of rotatable bonds is 6. The molecule has 0 aromatic heterocycles. The van der Waals surface area contributed by atoms with Gasteiger partial charge in [-0.1, -0.05) is 24.3 Å². The first-order valence-electron chi connectivity index (χ1n) is 8.16. The van der Waals surface area contributed by atoms with Crippen molar-refractivity contribution < 1.29 is 19.6 Å². The summed E-state index contributed by atoms with van der Waals surface area (Å²) in [5, 5.41) is 28.8. The molecular formula is C19H16N4O5. The number of carbonyl (C=O) groups is 1. The standard InChI is InChI=1S/C19H16N4O5/c1-3-8-22-14-7-5-4-6-13(14)17(19(22)25)21-20-11-12-9-15(23(26)27)18(24)16(10-12)28-2/h3-7,9-11,24H,1,8H2,2H3/b20-11-,21-17-. The molecule has 1 heterocycles. The maximum Gasteiger partial charge on any atom is 0.315 e. The average molecular weight is 380 g/mol. The van der Waals surface area contributed by atoms with Gasteiger partial charge in [0.25, 0.3) is 5.91 Å². The Morgan fingerprint density at radius 3 is 2.79 bits per heavy atom. The number of carbonyl (C=O) groups excluding carboxylic acids is 1. The van der Waals surface area contributed by atoms with Crippen LogP contribution in [-0.2, 0) is 4.79 Å². The number of phenolic OH excluding ortho intramolecular Hbond substituents is 1. The van der Waals surface area contributed by atoms with E-state index < -0.39 is 16.4 Å². The molecule has 9 nitrogen and oxygen atoms in total. The van der Waals surface area contributed by atoms with Crippen LogP contribution < -0.4 is 9.64 Å². The third-order valence-corrected chi connectivity index (χ3v) is 4.07. The smallest absolute Gasteiger partial charge is 0.315 e. The number of nitrogens with zero attached hydrogens (tertiary/aromatic N) is 4. The quantitative estimate of drug-likeness (QED) is 0.358. The SMILES string of the molecule is C=CCN1C(=O)/C(=N\N=C/c2cc(OC)c(O)c([N+](=O)[O-])c2)c2ccccc21. The normalized spacial score (nSPS) is 14.5. The fourth-order valence-electron chi connectivity index (χ4n) is 2.81. The number of methoxy groups -OCH3 is 1. The lowest BCUT2D eigenvalue weighted by Gasteiger charge is -2.13. The highest BCUT2D eigenvalue weighted by Gasteiger charge is 2.33. The summed E-state index contributed by atoms with van der Waals surface area (Å²) < 4.78 is 4.94. The molecule has 1 amide bonds. The summed E-state index contributed by atoms with van der Waals surface area (Å²) in [7, 11) is 1.28. The summed E-state index contributed by atoms with van der Waals surface area (Å²) in [5.41, 5.74) is 1.28. The largest absolute Gasteiger partial charge is 0.500 e. The molecule has 0 atom stereocenters. The van der Waals surface area contributed by atoms with Gasteiger partial charge in [0.1, 0.15) is 0 Å². The Morgan fingerprint density at radius 2 is 2.11 bits per heavy atom. The molecule has 3 rings (SSSR count). The summed E-state index contributed by atoms with van der Waals surface area (Å²) in [4.78, 5) is 24.5. The Hall–Kier alpha value is -4.01. The van der Waals surface area contributed by atoms with Gasteiger partial charge in [-0.15, -0.1) is 11.7 Å². The Bertz CT molecular complexity index is 1030. The molecule has 0 saturated heterocycles. The number of ether oxygens (including phenoxy) is 1. The molecule has 1 aliphatic rings. The minimum Gasteiger partial charge on any atom is -0.500 e. The summed E-state index contributed by atoms with van der Waals surface area (Å²) in [6, 6.07) is 9.68. The minimum absolute atomic E-state index is 0.0669. The Labute approximate surface area is 160 Å². The van der Waals surface area contributed by atoms with Crippen LogP contribution in [0.3, 0.4) is 0 Å². The zero-order valence-corrected chi connectivity index (χ0v) is 14.9. The van der Waals surface area contributed by atoms with Gasteiger partial charge in [-0.25, -0.2) is 0 Å². The molecule has 0 saturated carbocycles. The molecule has 28 heavy (non-hydrogen) atoms. The van der Waals surface area contributed by atoms with E-state index in [4.69, 9.17) is 4.74 Å². The molecule has 1 aliphatic heterocycles. The second kappa shape index (κ2) is 7.70. The third kappa shape index (κ3) is 3.32. The van der Waals surface area contributed by atoms with Gasteiger partial charge in [0.2, 0.25) is 5.75 Å². The van der Waals surface area contributed by atoms with Crippen molar-refractivity contribution in [3.05, 3.63) is 70.3 Å². The molecule has 0 spiro atoms. The van der Waals surface area contributed by atoms with Gasteiger partial charge in [-0.2, -0.15) is 5.10 Å². The second-order valence-electron chi connectivity index (χ2n) is 5.76. The Morgan fingerprint density at radius 1 is 1.36 bits per heavy atom. The first-order valence-corrected chi connectivity index (χ1v) is 8.16. The van der Waals surface area contributed by atoms with Gasteiger partial charge in [0.05, 0.1) is 23.9 Å². The van der Waals surface area contributed by atoms with Gasteiger partial charge in [-0.05, 0) is 12.1 Å². The number of para-hydroxylation sites is 1. The van der Waals surface area contributed by atoms with Crippen molar-refractivity contribution in [1.82, 2.24) is 0 Å². The molecule has 142 valence electrons. The Kier molecular flexibility index (Phi) is 5.16. The van der Waals surface area contributed by atoms with E-state index in [1.54, 1.807) is 24.3 Å². The first kappa shape index (κ1) is 18.8. The van der Waals surface area contributed by atoms with Crippen molar-refractivity contribution >= 4 is 29.2 Å². The number of hydrogen-bond acceptors (Lipinski definition) is 7. The number of fused-ring (bicyclic) bond motifs is 1. The van der Waals surface area contributed by atoms with Crippen molar-refractivity contribution in [3.63, 3.8) is 0 Å². The molecule has 0 radical (unpaired) electrons. The van der Waals surface area contributed by atoms with E-state index in [1.165, 1.54) is 24.3 Å². The predicted molar refractivity (Wildman–Crippen MR) is 104 cm³/mol. The van der Waals surface area contributed by atoms with Crippen LogP contribution in [0.4, 0.5) is 11.4 Å². The lowest BCUT2D eigenvalue weighted by molar-refractivity contribution is -0.386. The number of hydrogen-bond donors (Lipinski definition) is 1. The highest BCUT2D eigenvalue weighted by atomic mass is 16.6. The number of anilines is 1. The maximum atomic E-state index is 12.6. The zero-order chi connectivity index (χ0) is 20.3. The van der Waals surface area contributed by atoms with Gasteiger partial charge < -0.3 is 14.7 Å². The summed E-state index contributed by atoms with van der Waals surface area (Å²) in [5.74, 6) is -0.953. The molecule has 2 aromatic rings. The number of benzene rings is 2. The highest BCUT2D eigenvalue weighted by molar-refractivity contribution is 6.54. The lowest BCUT2D eigenvalue weighted by Crippen LogP contribution is -2.30. The van der Waals surface area contributed by atoms with Crippen LogP contribution in [0.5, 0.6) is 11.5 Å². The average Bonchev–Trinajstić information content (AvgIpc) is 2.95. The van der Waals surface area contributed by atoms with Crippen molar-refractivity contribution in [2.24, 2.45) is 10.2 Å². The molecule has 0 aliphatic carbocycles. The summed E-state index contributed by atoms with van der Waals surface area (Å²) >= 11 is 0. The molecular weight excluding hydrogens is 364 g/mol. The number of amides is 1. The van der Waals surface area contributed by atoms with E-state index in [1.807, 2.05) is 6.07 Å². The van der Waals surface area contributed by atoms with Crippen LogP contribution in [-0.4, -0.2) is 41.5 Å². The van der Waals surface area contributed by atoms with Gasteiger partial charge >= 0.3 is 5.69 Å². The van der Waals surface area contributed by atoms with Crippen LogP contribution in [0.25, 0.3) is 0 Å². The van der Waals surface area contributed by atoms with Crippen molar-refractivity contribution in [1.29, 1.82) is 0 Å². The second-order valence-corrected chi connectivity index (χ2v) is 5.76. The van der Waals surface area contributed by atoms with E-state index in [2.05, 4.69) is 16.8 Å². The van der Waals surface area contributed by atoms with Crippen LogP contribution in [0.2, 0.25) is 0 Å². The van der Waals surface area contributed by atoms with Crippen LogP contribution >= 0.6 is 0 Å². The van der Waals surface area contributed by atoms with E-state index in [9.17, 15) is 20.0 Å². The molecule has 0 bridgehead atoms. The van der Waals surface area contributed by atoms with Crippen molar-refractivity contribution in [3.8, 4) is 11.5 Å². The maximum absolute atomic E-state index is 12.6. The monoisotopic (exact) mass is 380 g/mol. The van der Waals surface area contributed by atoms with Gasteiger partial charge in [0, 0.05) is 23.7 Å². The highest BCUT2D eigenvalue weighted by Crippen LogP contribution is 2.36. The topological polar surface area (TPSA) is 118 Å². The summed E-state index contributed by atoms with van der Waals surface area (Å²) in [6.45, 7) is 3.99. The fourth-order valence-corrected chi connectivity index (χ4v) is 2.81. The fraction of sp³-hybridized carbons (Fsp3) is 0.105. The number of phenols is 1. The van der Waals surface area contributed by atoms with Crippen LogP contribution in [0, 0.1) is 10.1 Å². The number of aromatic hydroxyl groups is 1.